The Morgan fingerprint density at radius 3 is 2.16 bits per heavy atom. The Morgan fingerprint density at radius 1 is 0.938 bits per heavy atom. The maximum Gasteiger partial charge on any atom is 0.376 e. The highest BCUT2D eigenvalue weighted by atomic mass is 32.1. The fourth-order valence-corrected chi connectivity index (χ4v) is 6.28. The van der Waals surface area contributed by atoms with Crippen molar-refractivity contribution in [2.24, 2.45) is 0 Å². The normalized spacial score (nSPS) is 11.5. The molecule has 0 spiro atoms. The number of esters is 1. The molecule has 0 fully saturated rings. The largest absolute Gasteiger partial charge is 0.460 e. The molecule has 32 heavy (non-hydrogen) atoms. The monoisotopic (exact) mass is 461 g/mol. The Bertz CT molecular complexity index is 1510. The molecule has 0 unspecified atom stereocenters. The summed E-state index contributed by atoms with van der Waals surface area (Å²) in [6.07, 6.45) is 0. The first-order valence-corrected chi connectivity index (χ1v) is 12.2. The Hall–Kier alpha value is -3.03. The lowest BCUT2D eigenvalue weighted by Gasteiger charge is -2.16. The van der Waals surface area contributed by atoms with Crippen LogP contribution in [0.3, 0.4) is 0 Å². The molecule has 1 aromatic carbocycles. The molecule has 0 aliphatic heterocycles. The van der Waals surface area contributed by atoms with Gasteiger partial charge in [0.2, 0.25) is 5.82 Å². The van der Waals surface area contributed by atoms with Gasteiger partial charge in [0.15, 0.2) is 5.65 Å². The lowest BCUT2D eigenvalue weighted by Crippen LogP contribution is -2.10. The van der Waals surface area contributed by atoms with Gasteiger partial charge in [-0.15, -0.1) is 32.9 Å². The van der Waals surface area contributed by atoms with E-state index in [1.54, 1.807) is 29.6 Å². The van der Waals surface area contributed by atoms with E-state index in [-0.39, 0.29) is 12.4 Å². The van der Waals surface area contributed by atoms with E-state index in [4.69, 9.17) is 4.74 Å². The number of para-hydroxylation sites is 1. The average molecular weight is 462 g/mol. The van der Waals surface area contributed by atoms with Crippen LogP contribution in [-0.2, 0) is 4.74 Å². The molecule has 4 heterocycles. The SMILES string of the molecule is CCOC(=O)c1nnc2c(-c3cc(C)sc3C)c(-c3cc(C)sc3C)c3ccccc3n12. The fourth-order valence-electron chi connectivity index (χ4n) is 4.42. The first-order valence-electron chi connectivity index (χ1n) is 10.5. The summed E-state index contributed by atoms with van der Waals surface area (Å²) in [4.78, 5) is 17.7. The number of ether oxygens (including phenoxy) is 1. The summed E-state index contributed by atoms with van der Waals surface area (Å²) in [5.74, 6) is -0.265. The number of benzene rings is 1. The van der Waals surface area contributed by atoms with Crippen LogP contribution in [0.25, 0.3) is 38.8 Å². The molecule has 162 valence electrons. The molecule has 5 aromatic rings. The Balaban J connectivity index is 2.02. The lowest BCUT2D eigenvalue weighted by molar-refractivity contribution is 0.0511. The van der Waals surface area contributed by atoms with Gasteiger partial charge in [-0.3, -0.25) is 4.40 Å². The first-order chi connectivity index (χ1) is 15.4. The molecule has 0 atom stereocenters. The van der Waals surface area contributed by atoms with Crippen molar-refractivity contribution in [2.45, 2.75) is 34.6 Å². The number of hydrogen-bond acceptors (Lipinski definition) is 6. The second kappa shape index (κ2) is 7.83. The van der Waals surface area contributed by atoms with Gasteiger partial charge in [0.25, 0.3) is 0 Å². The van der Waals surface area contributed by atoms with Gasteiger partial charge in [-0.05, 0) is 63.9 Å². The number of carbonyl (C=O) groups is 1. The van der Waals surface area contributed by atoms with Gasteiger partial charge < -0.3 is 4.74 Å². The summed E-state index contributed by atoms with van der Waals surface area (Å²) in [6.45, 7) is 10.6. The molecule has 0 bridgehead atoms. The molecule has 0 aliphatic rings. The molecule has 0 amide bonds. The Labute approximate surface area is 194 Å². The minimum Gasteiger partial charge on any atom is -0.460 e. The number of pyridine rings is 1. The number of aryl methyl sites for hydroxylation is 4. The van der Waals surface area contributed by atoms with Crippen LogP contribution in [0.5, 0.6) is 0 Å². The van der Waals surface area contributed by atoms with Crippen molar-refractivity contribution in [1.29, 1.82) is 0 Å². The minimum absolute atomic E-state index is 0.202. The zero-order valence-electron chi connectivity index (χ0n) is 18.6. The maximum atomic E-state index is 12.8. The molecule has 5 nitrogen and oxygen atoms in total. The van der Waals surface area contributed by atoms with Gasteiger partial charge in [0, 0.05) is 36.0 Å². The predicted octanol–water partition coefficient (Wildman–Crippen LogP) is 6.75. The van der Waals surface area contributed by atoms with Gasteiger partial charge in [-0.2, -0.15) is 0 Å². The van der Waals surface area contributed by atoms with E-state index in [9.17, 15) is 4.79 Å². The number of fused-ring (bicyclic) bond motifs is 3. The molecule has 7 heteroatoms. The molecule has 4 aromatic heterocycles. The summed E-state index contributed by atoms with van der Waals surface area (Å²) in [5.41, 5.74) is 6.04. The summed E-state index contributed by atoms with van der Waals surface area (Å²) in [7, 11) is 0. The van der Waals surface area contributed by atoms with Crippen LogP contribution in [-0.4, -0.2) is 27.2 Å². The molecule has 0 N–H and O–H groups in total. The van der Waals surface area contributed by atoms with Crippen molar-refractivity contribution in [2.75, 3.05) is 6.61 Å². The number of thiophene rings is 2. The van der Waals surface area contributed by atoms with Crippen molar-refractivity contribution in [3.63, 3.8) is 0 Å². The molecule has 0 saturated carbocycles. The van der Waals surface area contributed by atoms with E-state index in [0.29, 0.717) is 5.65 Å². The molecule has 0 saturated heterocycles. The third-order valence-electron chi connectivity index (χ3n) is 5.63. The summed E-state index contributed by atoms with van der Waals surface area (Å²) < 4.78 is 7.15. The number of aromatic nitrogens is 3. The van der Waals surface area contributed by atoms with Gasteiger partial charge in [-0.25, -0.2) is 4.79 Å². The highest BCUT2D eigenvalue weighted by Gasteiger charge is 2.27. The van der Waals surface area contributed by atoms with Crippen molar-refractivity contribution in [3.8, 4) is 22.3 Å². The van der Waals surface area contributed by atoms with Crippen LogP contribution in [0.1, 0.15) is 37.1 Å². The van der Waals surface area contributed by atoms with Crippen molar-refractivity contribution in [3.05, 3.63) is 61.7 Å². The van der Waals surface area contributed by atoms with Crippen LogP contribution >= 0.6 is 22.7 Å². The minimum atomic E-state index is -0.468. The number of nitrogens with zero attached hydrogens (tertiary/aromatic N) is 3. The second-order valence-electron chi connectivity index (χ2n) is 7.82. The second-order valence-corrected chi connectivity index (χ2v) is 10.7. The standard InChI is InChI=1S/C25H23N3O2S2/c1-6-30-25(29)24-27-26-23-22(19-12-14(3)32-16(19)5)21(18-11-13(2)31-15(18)4)17-9-7-8-10-20(17)28(23)24/h7-12H,6H2,1-5H3. The predicted molar refractivity (Wildman–Crippen MR) is 132 cm³/mol. The Kier molecular flexibility index (Phi) is 5.10. The third kappa shape index (κ3) is 3.15. The summed E-state index contributed by atoms with van der Waals surface area (Å²) in [5, 5.41) is 9.89. The van der Waals surface area contributed by atoms with E-state index in [1.165, 1.54) is 25.1 Å². The van der Waals surface area contributed by atoms with Crippen LogP contribution in [0.2, 0.25) is 0 Å². The molecule has 5 rings (SSSR count). The maximum absolute atomic E-state index is 12.8. The highest BCUT2D eigenvalue weighted by Crippen LogP contribution is 2.46. The van der Waals surface area contributed by atoms with Gasteiger partial charge in [-0.1, -0.05) is 18.2 Å². The fraction of sp³-hybridized carbons (Fsp3) is 0.240. The highest BCUT2D eigenvalue weighted by molar-refractivity contribution is 7.12. The van der Waals surface area contributed by atoms with Crippen LogP contribution in [0.15, 0.2) is 36.4 Å². The number of rotatable bonds is 4. The van der Waals surface area contributed by atoms with Crippen LogP contribution in [0.4, 0.5) is 0 Å². The van der Waals surface area contributed by atoms with E-state index >= 15 is 0 Å². The third-order valence-corrected chi connectivity index (χ3v) is 7.56. The quantitative estimate of drug-likeness (QED) is 0.278. The first kappa shape index (κ1) is 20.8. The lowest BCUT2D eigenvalue weighted by atomic mass is 9.92. The smallest absolute Gasteiger partial charge is 0.376 e. The van der Waals surface area contributed by atoms with Crippen molar-refractivity contribution in [1.82, 2.24) is 14.6 Å². The van der Waals surface area contributed by atoms with Crippen molar-refractivity contribution < 1.29 is 9.53 Å². The zero-order chi connectivity index (χ0) is 22.6. The number of hydrogen-bond donors (Lipinski definition) is 0. The zero-order valence-corrected chi connectivity index (χ0v) is 20.3. The topological polar surface area (TPSA) is 56.5 Å². The molecular weight excluding hydrogens is 438 g/mol. The van der Waals surface area contributed by atoms with Gasteiger partial charge in [0.1, 0.15) is 0 Å². The number of carbonyl (C=O) groups excluding carboxylic acids is 1. The average Bonchev–Trinajstić information content (AvgIpc) is 3.43. The Morgan fingerprint density at radius 2 is 1.56 bits per heavy atom. The molecular formula is C25H23N3O2S2. The van der Waals surface area contributed by atoms with E-state index in [2.05, 4.69) is 56.1 Å². The van der Waals surface area contributed by atoms with E-state index in [0.717, 1.165) is 27.6 Å². The van der Waals surface area contributed by atoms with Crippen LogP contribution in [0, 0.1) is 27.7 Å². The van der Waals surface area contributed by atoms with Gasteiger partial charge >= 0.3 is 5.97 Å². The van der Waals surface area contributed by atoms with Gasteiger partial charge in [0.05, 0.1) is 12.1 Å². The van der Waals surface area contributed by atoms with Crippen molar-refractivity contribution >= 4 is 45.2 Å². The summed E-state index contributed by atoms with van der Waals surface area (Å²) >= 11 is 3.56. The molecule has 0 aliphatic carbocycles. The van der Waals surface area contributed by atoms with Crippen LogP contribution < -0.4 is 0 Å². The molecule has 0 radical (unpaired) electrons. The summed E-state index contributed by atoms with van der Waals surface area (Å²) in [6, 6.07) is 12.6. The van der Waals surface area contributed by atoms with E-state index in [1.807, 2.05) is 22.6 Å². The van der Waals surface area contributed by atoms with E-state index < -0.39 is 5.97 Å².